The zero-order chi connectivity index (χ0) is 18.8. The maximum atomic E-state index is 13.1. The van der Waals surface area contributed by atoms with Crippen molar-refractivity contribution in [3.63, 3.8) is 0 Å². The summed E-state index contributed by atoms with van der Waals surface area (Å²) >= 11 is 0. The number of nitrogen functional groups attached to an aromatic ring is 1. The Morgan fingerprint density at radius 2 is 1.85 bits per heavy atom. The van der Waals surface area contributed by atoms with E-state index in [9.17, 15) is 9.50 Å². The largest absolute Gasteiger partial charge is 0.393 e. The third-order valence-corrected chi connectivity index (χ3v) is 5.51. The number of benzene rings is 1. The normalized spacial score (nSPS) is 23.7. The van der Waals surface area contributed by atoms with Crippen LogP contribution in [0.4, 0.5) is 16.2 Å². The van der Waals surface area contributed by atoms with E-state index in [0.29, 0.717) is 5.95 Å². The van der Waals surface area contributed by atoms with Gasteiger partial charge in [0.15, 0.2) is 0 Å². The van der Waals surface area contributed by atoms with Crippen LogP contribution in [0.2, 0.25) is 0 Å². The minimum atomic E-state index is -0.215. The lowest BCUT2D eigenvalue weighted by molar-refractivity contribution is 0.0732. The molecule has 3 N–H and O–H groups in total. The van der Waals surface area contributed by atoms with Crippen LogP contribution in [-0.2, 0) is 6.54 Å². The quantitative estimate of drug-likeness (QED) is 0.857. The number of nitrogens with two attached hydrogens (primary N) is 1. The predicted molar refractivity (Wildman–Crippen MR) is 103 cm³/mol. The highest BCUT2D eigenvalue weighted by Crippen LogP contribution is 2.37. The molecule has 1 aromatic carbocycles. The molecule has 27 heavy (non-hydrogen) atoms. The Morgan fingerprint density at radius 1 is 1.07 bits per heavy atom. The summed E-state index contributed by atoms with van der Waals surface area (Å²) in [6, 6.07) is 8.76. The molecule has 0 radical (unpaired) electrons. The summed E-state index contributed by atoms with van der Waals surface area (Å²) in [5.41, 5.74) is 8.01. The molecule has 1 aliphatic heterocycles. The van der Waals surface area contributed by atoms with Crippen molar-refractivity contribution in [2.75, 3.05) is 36.8 Å². The van der Waals surface area contributed by atoms with Gasteiger partial charge in [-0.05, 0) is 37.0 Å². The molecular weight excluding hydrogens is 345 g/mol. The molecule has 6 nitrogen and oxygen atoms in total. The van der Waals surface area contributed by atoms with Crippen molar-refractivity contribution >= 4 is 11.8 Å². The first-order valence-electron chi connectivity index (χ1n) is 9.61. The second-order valence-electron chi connectivity index (χ2n) is 7.57. The Hall–Kier alpha value is -2.25. The highest BCUT2D eigenvalue weighted by atomic mass is 19.1. The minimum Gasteiger partial charge on any atom is -0.393 e. The highest BCUT2D eigenvalue weighted by Gasteiger charge is 2.30. The van der Waals surface area contributed by atoms with Crippen molar-refractivity contribution in [3.8, 4) is 0 Å². The Labute approximate surface area is 158 Å². The lowest BCUT2D eigenvalue weighted by Crippen LogP contribution is -2.32. The molecule has 2 aliphatic rings. The number of hydrogen-bond donors (Lipinski definition) is 2. The second-order valence-corrected chi connectivity index (χ2v) is 7.57. The van der Waals surface area contributed by atoms with Gasteiger partial charge in [0.1, 0.15) is 11.6 Å². The highest BCUT2D eigenvalue weighted by molar-refractivity contribution is 5.45. The smallest absolute Gasteiger partial charge is 0.222 e. The average molecular weight is 371 g/mol. The van der Waals surface area contributed by atoms with Crippen LogP contribution in [-0.4, -0.2) is 52.3 Å². The van der Waals surface area contributed by atoms with Crippen LogP contribution in [0.1, 0.15) is 36.4 Å². The number of nitrogens with zero attached hydrogens (tertiary/aromatic N) is 4. The molecule has 0 amide bonds. The molecule has 2 heterocycles. The van der Waals surface area contributed by atoms with E-state index in [1.165, 1.54) is 12.1 Å². The zero-order valence-corrected chi connectivity index (χ0v) is 15.4. The van der Waals surface area contributed by atoms with Crippen molar-refractivity contribution in [1.29, 1.82) is 0 Å². The Balaban J connectivity index is 1.41. The summed E-state index contributed by atoms with van der Waals surface area (Å²) in [7, 11) is 0. The van der Waals surface area contributed by atoms with Crippen molar-refractivity contribution in [2.45, 2.75) is 37.8 Å². The maximum Gasteiger partial charge on any atom is 0.222 e. The molecule has 4 rings (SSSR count). The van der Waals surface area contributed by atoms with Gasteiger partial charge < -0.3 is 15.7 Å². The minimum absolute atomic E-state index is 0.197. The molecule has 1 aromatic heterocycles. The fraction of sp³-hybridized carbons (Fsp3) is 0.500. The third-order valence-electron chi connectivity index (χ3n) is 5.51. The van der Waals surface area contributed by atoms with Gasteiger partial charge in [0.05, 0.1) is 11.8 Å². The Kier molecular flexibility index (Phi) is 5.22. The van der Waals surface area contributed by atoms with Crippen LogP contribution in [0.25, 0.3) is 0 Å². The maximum absolute atomic E-state index is 13.1. The van der Waals surface area contributed by atoms with Crippen LogP contribution in [0.15, 0.2) is 30.3 Å². The van der Waals surface area contributed by atoms with Gasteiger partial charge >= 0.3 is 0 Å². The molecule has 0 spiro atoms. The first-order chi connectivity index (χ1) is 13.1. The van der Waals surface area contributed by atoms with Gasteiger partial charge in [0, 0.05) is 44.7 Å². The molecule has 0 unspecified atom stereocenters. The standard InChI is InChI=1S/C20H26FN5O/c21-16-4-2-14(3-5-16)13-25-6-1-7-26(9-8-25)19-12-18(23-20(22)24-19)15-10-17(27)11-15/h2-5,12,15,17,27H,1,6-11,13H2,(H2,22,23,24). The lowest BCUT2D eigenvalue weighted by Gasteiger charge is -2.31. The number of aliphatic hydroxyl groups is 1. The average Bonchev–Trinajstić information content (AvgIpc) is 2.86. The zero-order valence-electron chi connectivity index (χ0n) is 15.4. The molecule has 144 valence electrons. The van der Waals surface area contributed by atoms with Gasteiger partial charge in [-0.3, -0.25) is 4.90 Å². The van der Waals surface area contributed by atoms with E-state index in [1.807, 2.05) is 18.2 Å². The fourth-order valence-electron chi connectivity index (χ4n) is 3.88. The van der Waals surface area contributed by atoms with Crippen molar-refractivity contribution in [2.24, 2.45) is 0 Å². The van der Waals surface area contributed by atoms with E-state index in [1.54, 1.807) is 0 Å². The van der Waals surface area contributed by atoms with Crippen LogP contribution in [0.3, 0.4) is 0 Å². The second kappa shape index (κ2) is 7.78. The molecule has 7 heteroatoms. The number of rotatable bonds is 4. The Morgan fingerprint density at radius 3 is 2.59 bits per heavy atom. The third kappa shape index (κ3) is 4.36. The molecule has 1 saturated carbocycles. The number of anilines is 2. The van der Waals surface area contributed by atoms with Gasteiger partial charge in [-0.1, -0.05) is 12.1 Å². The predicted octanol–water partition coefficient (Wildman–Crippen LogP) is 2.15. The van der Waals surface area contributed by atoms with Gasteiger partial charge in [0.2, 0.25) is 5.95 Å². The van der Waals surface area contributed by atoms with Gasteiger partial charge in [0.25, 0.3) is 0 Å². The van der Waals surface area contributed by atoms with Crippen molar-refractivity contribution in [1.82, 2.24) is 14.9 Å². The number of aliphatic hydroxyl groups excluding tert-OH is 1. The molecule has 1 saturated heterocycles. The molecule has 1 aliphatic carbocycles. The molecule has 2 fully saturated rings. The van der Waals surface area contributed by atoms with Gasteiger partial charge in [-0.25, -0.2) is 9.37 Å². The number of hydrogen-bond acceptors (Lipinski definition) is 6. The van der Waals surface area contributed by atoms with E-state index in [4.69, 9.17) is 5.73 Å². The number of halogens is 1. The van der Waals surface area contributed by atoms with Crippen LogP contribution in [0.5, 0.6) is 0 Å². The van der Waals surface area contributed by atoms with Crippen molar-refractivity contribution in [3.05, 3.63) is 47.4 Å². The number of aromatic nitrogens is 2. The van der Waals surface area contributed by atoms with E-state index < -0.39 is 0 Å². The van der Waals surface area contributed by atoms with Crippen LogP contribution < -0.4 is 10.6 Å². The van der Waals surface area contributed by atoms with E-state index in [2.05, 4.69) is 19.8 Å². The van der Waals surface area contributed by atoms with E-state index >= 15 is 0 Å². The van der Waals surface area contributed by atoms with Crippen LogP contribution >= 0.6 is 0 Å². The first kappa shape index (κ1) is 18.1. The first-order valence-corrected chi connectivity index (χ1v) is 9.61. The summed E-state index contributed by atoms with van der Waals surface area (Å²) in [6.45, 7) is 4.52. The molecule has 0 atom stereocenters. The van der Waals surface area contributed by atoms with E-state index in [0.717, 1.165) is 69.1 Å². The monoisotopic (exact) mass is 371 g/mol. The Bertz CT molecular complexity index is 778. The fourth-order valence-corrected chi connectivity index (χ4v) is 3.88. The van der Waals surface area contributed by atoms with Crippen LogP contribution in [0, 0.1) is 5.82 Å². The van der Waals surface area contributed by atoms with Gasteiger partial charge in [-0.2, -0.15) is 4.98 Å². The summed E-state index contributed by atoms with van der Waals surface area (Å²) in [4.78, 5) is 13.5. The SMILES string of the molecule is Nc1nc(C2CC(O)C2)cc(N2CCCN(Cc3ccc(F)cc3)CC2)n1. The summed E-state index contributed by atoms with van der Waals surface area (Å²) in [5.74, 6) is 1.27. The van der Waals surface area contributed by atoms with Crippen molar-refractivity contribution < 1.29 is 9.50 Å². The summed E-state index contributed by atoms with van der Waals surface area (Å²) < 4.78 is 13.1. The summed E-state index contributed by atoms with van der Waals surface area (Å²) in [5, 5.41) is 9.56. The summed E-state index contributed by atoms with van der Waals surface area (Å²) in [6.07, 6.45) is 2.32. The lowest BCUT2D eigenvalue weighted by atomic mass is 9.80. The molecular formula is C20H26FN5O. The van der Waals surface area contributed by atoms with E-state index in [-0.39, 0.29) is 17.8 Å². The molecule has 2 aromatic rings. The topological polar surface area (TPSA) is 78.5 Å². The van der Waals surface area contributed by atoms with Gasteiger partial charge in [-0.15, -0.1) is 0 Å². The molecule has 0 bridgehead atoms.